The summed E-state index contributed by atoms with van der Waals surface area (Å²) in [4.78, 5) is 31.5. The monoisotopic (exact) mass is 416 g/mol. The van der Waals surface area contributed by atoms with Crippen LogP contribution in [0.1, 0.15) is 18.1 Å². The first-order chi connectivity index (χ1) is 14.5. The maximum Gasteiger partial charge on any atom is 0.252 e. The summed E-state index contributed by atoms with van der Waals surface area (Å²) >= 11 is 1.35. The number of fused-ring (bicyclic) bond motifs is 1. The number of hydrogen-bond acceptors (Lipinski definition) is 3. The van der Waals surface area contributed by atoms with E-state index in [1.807, 2.05) is 84.9 Å². The van der Waals surface area contributed by atoms with Crippen LogP contribution in [0, 0.1) is 0 Å². The summed E-state index contributed by atoms with van der Waals surface area (Å²) in [5.74, 6) is -0.367. The van der Waals surface area contributed by atoms with Gasteiger partial charge in [0, 0.05) is 25.0 Å². The molecule has 1 unspecified atom stereocenters. The predicted octanol–water partition coefficient (Wildman–Crippen LogP) is 4.74. The van der Waals surface area contributed by atoms with Crippen LogP contribution in [0.25, 0.3) is 0 Å². The first-order valence-electron chi connectivity index (χ1n) is 9.92. The fourth-order valence-electron chi connectivity index (χ4n) is 3.76. The number of thioether (sulfide) groups is 1. The molecule has 0 aliphatic carbocycles. The molecule has 0 fully saturated rings. The lowest BCUT2D eigenvalue weighted by Gasteiger charge is -2.40. The van der Waals surface area contributed by atoms with Crippen LogP contribution in [0.5, 0.6) is 0 Å². The van der Waals surface area contributed by atoms with Crippen LogP contribution in [0.2, 0.25) is 0 Å². The molecular formula is C25H24N2O2S. The van der Waals surface area contributed by atoms with Crippen molar-refractivity contribution in [2.24, 2.45) is 0 Å². The average Bonchev–Trinajstić information content (AvgIpc) is 2.78. The number of para-hydroxylation sites is 1. The van der Waals surface area contributed by atoms with Crippen LogP contribution in [0.15, 0.2) is 89.8 Å². The molecule has 4 rings (SSSR count). The number of amides is 2. The van der Waals surface area contributed by atoms with Gasteiger partial charge in [-0.2, -0.15) is 0 Å². The van der Waals surface area contributed by atoms with E-state index in [0.717, 1.165) is 21.7 Å². The summed E-state index contributed by atoms with van der Waals surface area (Å²) in [5, 5.41) is 0. The molecule has 0 saturated heterocycles. The van der Waals surface area contributed by atoms with E-state index in [9.17, 15) is 9.59 Å². The molecule has 0 aromatic heterocycles. The van der Waals surface area contributed by atoms with Crippen LogP contribution in [-0.2, 0) is 22.7 Å². The zero-order valence-corrected chi connectivity index (χ0v) is 17.9. The van der Waals surface area contributed by atoms with E-state index in [1.165, 1.54) is 11.8 Å². The number of rotatable bonds is 5. The fraction of sp³-hybridized carbons (Fsp3) is 0.200. The molecule has 3 aromatic rings. The van der Waals surface area contributed by atoms with Gasteiger partial charge in [0.25, 0.3) is 5.91 Å². The predicted molar refractivity (Wildman–Crippen MR) is 121 cm³/mol. The van der Waals surface area contributed by atoms with Gasteiger partial charge in [0.15, 0.2) is 4.75 Å². The minimum absolute atomic E-state index is 0.174. The maximum atomic E-state index is 13.9. The van der Waals surface area contributed by atoms with Crippen molar-refractivity contribution in [3.05, 3.63) is 96.1 Å². The summed E-state index contributed by atoms with van der Waals surface area (Å²) in [6, 6.07) is 27.5. The molecule has 3 aromatic carbocycles. The molecule has 0 N–H and O–H groups in total. The average molecular weight is 417 g/mol. The molecule has 152 valence electrons. The van der Waals surface area contributed by atoms with Crippen LogP contribution >= 0.6 is 11.8 Å². The molecule has 0 radical (unpaired) electrons. The van der Waals surface area contributed by atoms with E-state index in [2.05, 4.69) is 0 Å². The van der Waals surface area contributed by atoms with Gasteiger partial charge in [-0.3, -0.25) is 9.59 Å². The third-order valence-electron chi connectivity index (χ3n) is 5.38. The summed E-state index contributed by atoms with van der Waals surface area (Å²) < 4.78 is -1.22. The number of anilines is 1. The fourth-order valence-corrected chi connectivity index (χ4v) is 5.09. The highest BCUT2D eigenvalue weighted by Gasteiger charge is 2.50. The van der Waals surface area contributed by atoms with Crippen LogP contribution in [0.3, 0.4) is 0 Å². The van der Waals surface area contributed by atoms with Crippen molar-refractivity contribution in [2.45, 2.75) is 29.7 Å². The Labute approximate surface area is 181 Å². The van der Waals surface area contributed by atoms with Crippen molar-refractivity contribution >= 4 is 29.3 Å². The zero-order valence-electron chi connectivity index (χ0n) is 17.1. The smallest absolute Gasteiger partial charge is 0.252 e. The Balaban J connectivity index is 1.69. The molecule has 1 atom stereocenters. The largest absolute Gasteiger partial charge is 0.332 e. The molecule has 0 bridgehead atoms. The highest BCUT2D eigenvalue weighted by Crippen LogP contribution is 2.45. The first-order valence-corrected chi connectivity index (χ1v) is 10.7. The molecular weight excluding hydrogens is 392 g/mol. The summed E-state index contributed by atoms with van der Waals surface area (Å²) in [7, 11) is 1.74. The van der Waals surface area contributed by atoms with Gasteiger partial charge in [0.1, 0.15) is 0 Å². The second-order valence-electron chi connectivity index (χ2n) is 7.60. The SMILES string of the molecule is CN1C(=O)C(C)(C(=O)N(Cc2ccccc2)Cc2ccccc2)Sc2ccccc21. The van der Waals surface area contributed by atoms with Crippen molar-refractivity contribution in [1.29, 1.82) is 0 Å². The lowest BCUT2D eigenvalue weighted by molar-refractivity contribution is -0.139. The summed E-state index contributed by atoms with van der Waals surface area (Å²) in [5.41, 5.74) is 2.91. The lowest BCUT2D eigenvalue weighted by Crippen LogP contribution is -2.56. The Kier molecular flexibility index (Phi) is 5.64. The number of nitrogens with zero attached hydrogens (tertiary/aromatic N) is 2. The van der Waals surface area contributed by atoms with Gasteiger partial charge in [0.05, 0.1) is 5.69 Å². The Morgan fingerprint density at radius 2 is 1.37 bits per heavy atom. The van der Waals surface area contributed by atoms with E-state index in [1.54, 1.807) is 23.8 Å². The van der Waals surface area contributed by atoms with Crippen molar-refractivity contribution in [2.75, 3.05) is 11.9 Å². The Hall–Kier alpha value is -3.05. The molecule has 0 saturated carbocycles. The third kappa shape index (κ3) is 3.85. The van der Waals surface area contributed by atoms with Crippen LogP contribution in [-0.4, -0.2) is 28.5 Å². The van der Waals surface area contributed by atoms with E-state index in [4.69, 9.17) is 0 Å². The Bertz CT molecular complexity index is 1010. The van der Waals surface area contributed by atoms with Crippen LogP contribution in [0.4, 0.5) is 5.69 Å². The second kappa shape index (κ2) is 8.36. The normalized spacial score (nSPS) is 18.1. The van der Waals surface area contributed by atoms with Gasteiger partial charge in [0.2, 0.25) is 5.91 Å². The molecule has 30 heavy (non-hydrogen) atoms. The number of carbonyl (C=O) groups excluding carboxylic acids is 2. The quantitative estimate of drug-likeness (QED) is 0.564. The molecule has 1 aliphatic rings. The first kappa shape index (κ1) is 20.2. The van der Waals surface area contributed by atoms with Crippen LogP contribution < -0.4 is 4.90 Å². The minimum Gasteiger partial charge on any atom is -0.332 e. The molecule has 1 heterocycles. The molecule has 5 heteroatoms. The highest BCUT2D eigenvalue weighted by atomic mass is 32.2. The summed E-state index contributed by atoms with van der Waals surface area (Å²) in [6.45, 7) is 2.64. The standard InChI is InChI=1S/C25H24N2O2S/c1-25(23(28)26(2)21-15-9-10-16-22(21)30-25)24(29)27(17-19-11-5-3-6-12-19)18-20-13-7-4-8-14-20/h3-16H,17-18H2,1-2H3. The van der Waals surface area contributed by atoms with Crippen molar-refractivity contribution in [3.63, 3.8) is 0 Å². The van der Waals surface area contributed by atoms with Gasteiger partial charge < -0.3 is 9.80 Å². The van der Waals surface area contributed by atoms with Gasteiger partial charge in [-0.05, 0) is 30.2 Å². The third-order valence-corrected chi connectivity index (χ3v) is 6.70. The van der Waals surface area contributed by atoms with Gasteiger partial charge in [-0.1, -0.05) is 84.6 Å². The number of carbonyl (C=O) groups is 2. The van der Waals surface area contributed by atoms with Gasteiger partial charge in [-0.25, -0.2) is 0 Å². The van der Waals surface area contributed by atoms with E-state index in [0.29, 0.717) is 13.1 Å². The number of hydrogen-bond donors (Lipinski definition) is 0. The van der Waals surface area contributed by atoms with Crippen molar-refractivity contribution in [3.8, 4) is 0 Å². The zero-order chi connectivity index (χ0) is 21.1. The van der Waals surface area contributed by atoms with E-state index < -0.39 is 4.75 Å². The van der Waals surface area contributed by atoms with Crippen molar-refractivity contribution < 1.29 is 9.59 Å². The lowest BCUT2D eigenvalue weighted by atomic mass is 10.0. The Morgan fingerprint density at radius 1 is 0.867 bits per heavy atom. The van der Waals surface area contributed by atoms with E-state index in [-0.39, 0.29) is 11.8 Å². The van der Waals surface area contributed by atoms with Gasteiger partial charge in [-0.15, -0.1) is 0 Å². The van der Waals surface area contributed by atoms with Gasteiger partial charge >= 0.3 is 0 Å². The van der Waals surface area contributed by atoms with Crippen molar-refractivity contribution in [1.82, 2.24) is 4.90 Å². The minimum atomic E-state index is -1.22. The number of benzene rings is 3. The molecule has 2 amide bonds. The summed E-state index contributed by atoms with van der Waals surface area (Å²) in [6.07, 6.45) is 0. The highest BCUT2D eigenvalue weighted by molar-refractivity contribution is 8.02. The topological polar surface area (TPSA) is 40.6 Å². The molecule has 0 spiro atoms. The van der Waals surface area contributed by atoms with E-state index >= 15 is 0 Å². The molecule has 1 aliphatic heterocycles. The Morgan fingerprint density at radius 3 is 1.93 bits per heavy atom. The maximum absolute atomic E-state index is 13.9. The second-order valence-corrected chi connectivity index (χ2v) is 9.06. The molecule has 4 nitrogen and oxygen atoms in total.